The summed E-state index contributed by atoms with van der Waals surface area (Å²) in [5.74, 6) is -3.05. The number of carbonyl (C=O) groups is 1. The first-order valence-electron chi connectivity index (χ1n) is 6.11. The molecular formula is C15H10ClNO4. The fraction of sp³-hybridized carbons (Fsp3) is 0.0667. The Bertz CT molecular complexity index is 785. The molecule has 3 rings (SSSR count). The van der Waals surface area contributed by atoms with Gasteiger partial charge in [-0.25, -0.2) is 0 Å². The Morgan fingerprint density at radius 3 is 2.57 bits per heavy atom. The number of ketones is 1. The third-order valence-corrected chi connectivity index (χ3v) is 3.57. The minimum atomic E-state index is -0.732. The number of hydrogen-bond acceptors (Lipinski definition) is 5. The van der Waals surface area contributed by atoms with Crippen molar-refractivity contribution in [1.82, 2.24) is 0 Å². The molecule has 1 atom stereocenters. The largest absolute Gasteiger partial charge is 0.504 e. The van der Waals surface area contributed by atoms with E-state index in [1.165, 1.54) is 6.21 Å². The van der Waals surface area contributed by atoms with Gasteiger partial charge in [-0.05, 0) is 17.7 Å². The first-order valence-corrected chi connectivity index (χ1v) is 6.48. The molecule has 0 saturated heterocycles. The number of phenolic OH excluding ortho intramolecular Hbond substituents is 3. The van der Waals surface area contributed by atoms with Crippen LogP contribution in [-0.4, -0.2) is 27.3 Å². The Hall–Kier alpha value is -2.53. The molecule has 0 bridgehead atoms. The number of hydrogen-bond donors (Lipinski definition) is 3. The molecule has 2 aromatic carbocycles. The molecule has 106 valence electrons. The number of halogens is 1. The van der Waals surface area contributed by atoms with E-state index in [9.17, 15) is 20.1 Å². The highest BCUT2D eigenvalue weighted by atomic mass is 35.5. The van der Waals surface area contributed by atoms with Crippen LogP contribution >= 0.6 is 11.6 Å². The van der Waals surface area contributed by atoms with Gasteiger partial charge in [0.1, 0.15) is 0 Å². The summed E-state index contributed by atoms with van der Waals surface area (Å²) in [5, 5.41) is 29.4. The van der Waals surface area contributed by atoms with E-state index in [0.29, 0.717) is 10.6 Å². The molecule has 1 unspecified atom stereocenters. The molecule has 0 radical (unpaired) electrons. The Kier molecular flexibility index (Phi) is 3.07. The molecule has 5 nitrogen and oxygen atoms in total. The van der Waals surface area contributed by atoms with Crippen molar-refractivity contribution in [2.45, 2.75) is 5.92 Å². The van der Waals surface area contributed by atoms with Gasteiger partial charge in [-0.3, -0.25) is 9.79 Å². The second-order valence-corrected chi connectivity index (χ2v) is 5.10. The van der Waals surface area contributed by atoms with E-state index in [1.54, 1.807) is 24.3 Å². The molecule has 0 saturated carbocycles. The summed E-state index contributed by atoms with van der Waals surface area (Å²) in [7, 11) is 0. The predicted octanol–water partition coefficient (Wildman–Crippen LogP) is 3.14. The van der Waals surface area contributed by atoms with E-state index in [1.807, 2.05) is 0 Å². The average Bonchev–Trinajstić information content (AvgIpc) is 2.45. The van der Waals surface area contributed by atoms with Gasteiger partial charge in [-0.15, -0.1) is 0 Å². The maximum absolute atomic E-state index is 12.5. The van der Waals surface area contributed by atoms with E-state index in [0.717, 1.165) is 6.07 Å². The molecule has 1 aliphatic heterocycles. The van der Waals surface area contributed by atoms with Crippen LogP contribution < -0.4 is 0 Å². The van der Waals surface area contributed by atoms with Crippen LogP contribution in [0.5, 0.6) is 17.2 Å². The zero-order valence-corrected chi connectivity index (χ0v) is 11.4. The van der Waals surface area contributed by atoms with Gasteiger partial charge < -0.3 is 15.3 Å². The topological polar surface area (TPSA) is 90.1 Å². The zero-order valence-electron chi connectivity index (χ0n) is 10.6. The highest BCUT2D eigenvalue weighted by Gasteiger charge is 2.31. The molecule has 0 spiro atoms. The number of aromatic hydroxyl groups is 3. The van der Waals surface area contributed by atoms with Crippen LogP contribution in [-0.2, 0) is 0 Å². The van der Waals surface area contributed by atoms with E-state index >= 15 is 0 Å². The average molecular weight is 304 g/mol. The standard InChI is InChI=1S/C15H10ClNO4/c16-8-3-1-2-7(4-8)9-6-17-10-5-11(18)14(20)15(21)12(10)13(9)19/h1-6,9,18,20-21H. The zero-order chi connectivity index (χ0) is 15.1. The van der Waals surface area contributed by atoms with Gasteiger partial charge in [-0.1, -0.05) is 23.7 Å². The van der Waals surface area contributed by atoms with Gasteiger partial charge in [0.15, 0.2) is 17.3 Å². The van der Waals surface area contributed by atoms with Crippen molar-refractivity contribution in [1.29, 1.82) is 0 Å². The van der Waals surface area contributed by atoms with Crippen LogP contribution in [0.1, 0.15) is 21.8 Å². The number of rotatable bonds is 1. The first-order chi connectivity index (χ1) is 9.99. The molecule has 0 aromatic heterocycles. The Morgan fingerprint density at radius 1 is 1.10 bits per heavy atom. The van der Waals surface area contributed by atoms with Gasteiger partial charge in [-0.2, -0.15) is 0 Å². The fourth-order valence-electron chi connectivity index (χ4n) is 2.29. The lowest BCUT2D eigenvalue weighted by molar-refractivity contribution is 0.0980. The molecule has 3 N–H and O–H groups in total. The summed E-state index contributed by atoms with van der Waals surface area (Å²) in [6.45, 7) is 0. The predicted molar refractivity (Wildman–Crippen MR) is 78.1 cm³/mol. The third kappa shape index (κ3) is 2.11. The van der Waals surface area contributed by atoms with Gasteiger partial charge in [0.05, 0.1) is 17.2 Å². The summed E-state index contributed by atoms with van der Waals surface area (Å²) in [5.41, 5.74) is 0.637. The second-order valence-electron chi connectivity index (χ2n) is 4.66. The third-order valence-electron chi connectivity index (χ3n) is 3.33. The maximum Gasteiger partial charge on any atom is 0.201 e. The van der Waals surface area contributed by atoms with Gasteiger partial charge >= 0.3 is 0 Å². The minimum absolute atomic E-state index is 0.113. The van der Waals surface area contributed by atoms with E-state index in [-0.39, 0.29) is 11.3 Å². The highest BCUT2D eigenvalue weighted by molar-refractivity contribution is 6.30. The van der Waals surface area contributed by atoms with Crippen LogP contribution in [0.4, 0.5) is 5.69 Å². The summed E-state index contributed by atoms with van der Waals surface area (Å²) >= 11 is 5.91. The van der Waals surface area contributed by atoms with Crippen LogP contribution in [0.3, 0.4) is 0 Å². The smallest absolute Gasteiger partial charge is 0.201 e. The molecule has 6 heteroatoms. The summed E-state index contributed by atoms with van der Waals surface area (Å²) in [4.78, 5) is 16.6. The summed E-state index contributed by atoms with van der Waals surface area (Å²) < 4.78 is 0. The Morgan fingerprint density at radius 2 is 1.86 bits per heavy atom. The molecule has 0 fully saturated rings. The molecule has 0 aliphatic carbocycles. The van der Waals surface area contributed by atoms with Crippen molar-refractivity contribution in [2.24, 2.45) is 4.99 Å². The quantitative estimate of drug-likeness (QED) is 0.706. The molecule has 0 amide bonds. The van der Waals surface area contributed by atoms with Gasteiger partial charge in [0.25, 0.3) is 0 Å². The molecular weight excluding hydrogens is 294 g/mol. The van der Waals surface area contributed by atoms with Crippen molar-refractivity contribution in [3.63, 3.8) is 0 Å². The van der Waals surface area contributed by atoms with Crippen molar-refractivity contribution >= 4 is 29.3 Å². The van der Waals surface area contributed by atoms with Crippen LogP contribution in [0.2, 0.25) is 5.02 Å². The minimum Gasteiger partial charge on any atom is -0.504 e. The molecule has 21 heavy (non-hydrogen) atoms. The van der Waals surface area contributed by atoms with Gasteiger partial charge in [0.2, 0.25) is 5.75 Å². The lowest BCUT2D eigenvalue weighted by Gasteiger charge is -2.19. The van der Waals surface area contributed by atoms with E-state index < -0.39 is 28.9 Å². The number of carbonyl (C=O) groups excluding carboxylic acids is 1. The normalized spacial score (nSPS) is 16.8. The lowest BCUT2D eigenvalue weighted by Crippen LogP contribution is -2.18. The highest BCUT2D eigenvalue weighted by Crippen LogP contribution is 2.46. The number of benzene rings is 2. The number of aliphatic imine (C=N–C) groups is 1. The van der Waals surface area contributed by atoms with Crippen molar-refractivity contribution in [3.8, 4) is 17.2 Å². The van der Waals surface area contributed by atoms with E-state index in [4.69, 9.17) is 11.6 Å². The molecule has 1 heterocycles. The maximum atomic E-state index is 12.5. The molecule has 2 aromatic rings. The van der Waals surface area contributed by atoms with Crippen LogP contribution in [0, 0.1) is 0 Å². The summed E-state index contributed by atoms with van der Waals surface area (Å²) in [6, 6.07) is 7.89. The molecule has 1 aliphatic rings. The van der Waals surface area contributed by atoms with Crippen molar-refractivity contribution < 1.29 is 20.1 Å². The Labute approximate surface area is 124 Å². The van der Waals surface area contributed by atoms with Crippen molar-refractivity contribution in [2.75, 3.05) is 0 Å². The lowest BCUT2D eigenvalue weighted by atomic mass is 9.88. The van der Waals surface area contributed by atoms with Crippen LogP contribution in [0.25, 0.3) is 0 Å². The fourth-order valence-corrected chi connectivity index (χ4v) is 2.49. The van der Waals surface area contributed by atoms with E-state index in [2.05, 4.69) is 4.99 Å². The number of fused-ring (bicyclic) bond motifs is 1. The second kappa shape index (κ2) is 4.79. The Balaban J connectivity index is 2.14. The van der Waals surface area contributed by atoms with Gasteiger partial charge in [0, 0.05) is 17.3 Å². The number of nitrogens with zero attached hydrogens (tertiary/aromatic N) is 1. The van der Waals surface area contributed by atoms with Crippen molar-refractivity contribution in [3.05, 3.63) is 46.5 Å². The number of phenols is 3. The first kappa shape index (κ1) is 13.5. The SMILES string of the molecule is O=C1c2c(cc(O)c(O)c2O)N=CC1c1cccc(Cl)c1. The number of Topliss-reactive ketones (excluding diaryl/α,β-unsaturated/α-hetero) is 1. The van der Waals surface area contributed by atoms with Crippen LogP contribution in [0.15, 0.2) is 35.3 Å². The monoisotopic (exact) mass is 303 g/mol. The summed E-state index contributed by atoms with van der Waals surface area (Å²) in [6.07, 6.45) is 1.42.